The maximum absolute atomic E-state index is 9.75. The monoisotopic (exact) mass is 335 g/mol. The first kappa shape index (κ1) is 16.8. The molecule has 1 heterocycles. The van der Waals surface area contributed by atoms with Gasteiger partial charge in [-0.05, 0) is 30.7 Å². The average Bonchev–Trinajstić information content (AvgIpc) is 2.68. The van der Waals surface area contributed by atoms with Crippen molar-refractivity contribution in [3.05, 3.63) is 66.5 Å². The van der Waals surface area contributed by atoms with E-state index in [2.05, 4.69) is 28.9 Å². The minimum atomic E-state index is 0.102. The summed E-state index contributed by atoms with van der Waals surface area (Å²) in [5, 5.41) is 9.75. The molecule has 1 N–H and O–H groups in total. The van der Waals surface area contributed by atoms with Gasteiger partial charge < -0.3 is 14.7 Å². The number of phenolic OH excluding ortho intramolecular Hbond substituents is 1. The molecule has 0 radical (unpaired) electrons. The molecule has 1 aromatic heterocycles. The second-order valence-electron chi connectivity index (χ2n) is 5.85. The summed E-state index contributed by atoms with van der Waals surface area (Å²) in [7, 11) is 3.53. The Hall–Kier alpha value is -3.08. The number of benzene rings is 2. The highest BCUT2D eigenvalue weighted by atomic mass is 16.5. The van der Waals surface area contributed by atoms with Gasteiger partial charge in [0.05, 0.1) is 31.2 Å². The second kappa shape index (κ2) is 7.21. The summed E-state index contributed by atoms with van der Waals surface area (Å²) in [5.41, 5.74) is 2.77. The molecule has 5 heteroatoms. The van der Waals surface area contributed by atoms with Crippen molar-refractivity contribution in [3.8, 4) is 22.8 Å². The number of aromatic hydroxyl groups is 1. The van der Waals surface area contributed by atoms with Gasteiger partial charge in [-0.25, -0.2) is 4.98 Å². The number of anilines is 1. The zero-order valence-electron chi connectivity index (χ0n) is 14.5. The normalized spacial score (nSPS) is 11.8. The van der Waals surface area contributed by atoms with Gasteiger partial charge in [-0.1, -0.05) is 30.3 Å². The van der Waals surface area contributed by atoms with Crippen LogP contribution in [0.15, 0.2) is 60.9 Å². The van der Waals surface area contributed by atoms with E-state index in [1.54, 1.807) is 30.6 Å². The van der Waals surface area contributed by atoms with E-state index in [0.29, 0.717) is 5.75 Å². The molecular weight excluding hydrogens is 314 g/mol. The maximum Gasteiger partial charge on any atom is 0.161 e. The summed E-state index contributed by atoms with van der Waals surface area (Å²) in [6.07, 6.45) is 3.46. The molecule has 3 aromatic rings. The predicted molar refractivity (Wildman–Crippen MR) is 98.9 cm³/mol. The quantitative estimate of drug-likeness (QED) is 0.762. The molecule has 0 saturated carbocycles. The lowest BCUT2D eigenvalue weighted by Crippen LogP contribution is -2.22. The summed E-state index contributed by atoms with van der Waals surface area (Å²) < 4.78 is 5.17. The first-order valence-electron chi connectivity index (χ1n) is 8.07. The Labute approximate surface area is 147 Å². The topological polar surface area (TPSA) is 58.5 Å². The van der Waals surface area contributed by atoms with Crippen LogP contribution in [-0.4, -0.2) is 29.2 Å². The lowest BCUT2D eigenvalue weighted by molar-refractivity contribution is 0.373. The number of rotatable bonds is 5. The van der Waals surface area contributed by atoms with E-state index in [1.807, 2.05) is 25.2 Å². The van der Waals surface area contributed by atoms with E-state index in [9.17, 15) is 5.11 Å². The van der Waals surface area contributed by atoms with Gasteiger partial charge in [0, 0.05) is 12.6 Å². The fraction of sp³-hybridized carbons (Fsp3) is 0.200. The van der Waals surface area contributed by atoms with E-state index in [1.165, 1.54) is 12.7 Å². The number of hydrogen-bond acceptors (Lipinski definition) is 5. The smallest absolute Gasteiger partial charge is 0.161 e. The van der Waals surface area contributed by atoms with Crippen molar-refractivity contribution in [2.75, 3.05) is 19.1 Å². The average molecular weight is 335 g/mol. The van der Waals surface area contributed by atoms with Gasteiger partial charge in [-0.3, -0.25) is 4.98 Å². The first-order chi connectivity index (χ1) is 12.1. The molecule has 0 spiro atoms. The van der Waals surface area contributed by atoms with E-state index in [0.717, 1.165) is 17.1 Å². The van der Waals surface area contributed by atoms with E-state index in [-0.39, 0.29) is 11.8 Å². The molecule has 0 aliphatic heterocycles. The SMILES string of the molecule is COc1cc(-c2cncc(N(C)[C@@H](C)c3ccccc3)n2)ccc1O. The third-order valence-electron chi connectivity index (χ3n) is 4.32. The lowest BCUT2D eigenvalue weighted by atomic mass is 10.1. The molecule has 5 nitrogen and oxygen atoms in total. The second-order valence-corrected chi connectivity index (χ2v) is 5.85. The zero-order valence-corrected chi connectivity index (χ0v) is 14.5. The van der Waals surface area contributed by atoms with Crippen molar-refractivity contribution in [3.63, 3.8) is 0 Å². The molecule has 0 aliphatic rings. The highest BCUT2D eigenvalue weighted by Gasteiger charge is 2.15. The number of ether oxygens (including phenoxy) is 1. The maximum atomic E-state index is 9.75. The molecular formula is C20H21N3O2. The summed E-state index contributed by atoms with van der Waals surface area (Å²) in [4.78, 5) is 11.1. The standard InChI is InChI=1S/C20H21N3O2/c1-14(15-7-5-4-6-8-15)23(2)20-13-21-12-17(22-20)16-9-10-18(24)19(11-16)25-3/h4-14,24H,1-3H3/t14-/m0/s1. The van der Waals surface area contributed by atoms with E-state index in [4.69, 9.17) is 9.72 Å². The molecule has 0 fully saturated rings. The number of hydrogen-bond donors (Lipinski definition) is 1. The molecule has 0 aliphatic carbocycles. The Morgan fingerprint density at radius 1 is 1.08 bits per heavy atom. The van der Waals surface area contributed by atoms with Gasteiger partial charge in [0.25, 0.3) is 0 Å². The van der Waals surface area contributed by atoms with Gasteiger partial charge in [0.15, 0.2) is 11.5 Å². The largest absolute Gasteiger partial charge is 0.504 e. The van der Waals surface area contributed by atoms with Crippen LogP contribution in [-0.2, 0) is 0 Å². The van der Waals surface area contributed by atoms with Crippen LogP contribution in [0.4, 0.5) is 5.82 Å². The molecule has 0 amide bonds. The van der Waals surface area contributed by atoms with Crippen LogP contribution in [0.5, 0.6) is 11.5 Å². The number of phenols is 1. The summed E-state index contributed by atoms with van der Waals surface area (Å²) in [5.74, 6) is 1.29. The zero-order chi connectivity index (χ0) is 17.8. The molecule has 0 bridgehead atoms. The molecule has 0 saturated heterocycles. The summed E-state index contributed by atoms with van der Waals surface area (Å²) in [6.45, 7) is 2.13. The first-order valence-corrected chi connectivity index (χ1v) is 8.07. The van der Waals surface area contributed by atoms with Gasteiger partial charge in [-0.15, -0.1) is 0 Å². The minimum absolute atomic E-state index is 0.102. The van der Waals surface area contributed by atoms with Crippen LogP contribution < -0.4 is 9.64 Å². The van der Waals surface area contributed by atoms with Crippen molar-refractivity contribution < 1.29 is 9.84 Å². The molecule has 1 atom stereocenters. The van der Waals surface area contributed by atoms with Crippen molar-refractivity contribution in [1.29, 1.82) is 0 Å². The van der Waals surface area contributed by atoms with Crippen molar-refractivity contribution in [2.45, 2.75) is 13.0 Å². The third-order valence-corrected chi connectivity index (χ3v) is 4.32. The van der Waals surface area contributed by atoms with Crippen LogP contribution >= 0.6 is 0 Å². The van der Waals surface area contributed by atoms with Crippen molar-refractivity contribution in [1.82, 2.24) is 9.97 Å². The van der Waals surface area contributed by atoms with Crippen LogP contribution in [0.2, 0.25) is 0 Å². The Bertz CT molecular complexity index is 853. The Morgan fingerprint density at radius 3 is 2.56 bits per heavy atom. The van der Waals surface area contributed by atoms with Crippen LogP contribution in [0.25, 0.3) is 11.3 Å². The van der Waals surface area contributed by atoms with Crippen LogP contribution in [0, 0.1) is 0 Å². The summed E-state index contributed by atoms with van der Waals surface area (Å²) in [6, 6.07) is 15.6. The van der Waals surface area contributed by atoms with Crippen molar-refractivity contribution in [2.24, 2.45) is 0 Å². The minimum Gasteiger partial charge on any atom is -0.504 e. The fourth-order valence-electron chi connectivity index (χ4n) is 2.66. The van der Waals surface area contributed by atoms with Gasteiger partial charge in [0.1, 0.15) is 5.82 Å². The number of nitrogens with zero attached hydrogens (tertiary/aromatic N) is 3. The molecule has 0 unspecified atom stereocenters. The van der Waals surface area contributed by atoms with Gasteiger partial charge >= 0.3 is 0 Å². The van der Waals surface area contributed by atoms with Gasteiger partial charge in [-0.2, -0.15) is 0 Å². The van der Waals surface area contributed by atoms with E-state index >= 15 is 0 Å². The van der Waals surface area contributed by atoms with Crippen LogP contribution in [0.1, 0.15) is 18.5 Å². The molecule has 3 rings (SSSR count). The number of aromatic nitrogens is 2. The van der Waals surface area contributed by atoms with E-state index < -0.39 is 0 Å². The third kappa shape index (κ3) is 3.55. The Morgan fingerprint density at radius 2 is 1.84 bits per heavy atom. The Balaban J connectivity index is 1.91. The highest BCUT2D eigenvalue weighted by Crippen LogP contribution is 2.31. The lowest BCUT2D eigenvalue weighted by Gasteiger charge is -2.26. The molecule has 2 aromatic carbocycles. The summed E-state index contributed by atoms with van der Waals surface area (Å²) >= 11 is 0. The fourth-order valence-corrected chi connectivity index (χ4v) is 2.66. The van der Waals surface area contributed by atoms with Gasteiger partial charge in [0.2, 0.25) is 0 Å². The highest BCUT2D eigenvalue weighted by molar-refractivity contribution is 5.64. The van der Waals surface area contributed by atoms with Crippen molar-refractivity contribution >= 4 is 5.82 Å². The molecule has 128 valence electrons. The molecule has 25 heavy (non-hydrogen) atoms. The Kier molecular flexibility index (Phi) is 4.84. The van der Waals surface area contributed by atoms with Crippen LogP contribution in [0.3, 0.4) is 0 Å². The predicted octanol–water partition coefficient (Wildman–Crippen LogP) is 4.06. The number of methoxy groups -OCH3 is 1.